The van der Waals surface area contributed by atoms with Crippen LogP contribution >= 0.6 is 0 Å². The molecule has 2 N–H and O–H groups in total. The Morgan fingerprint density at radius 2 is 1.79 bits per heavy atom. The van der Waals surface area contributed by atoms with Crippen LogP contribution in [0.25, 0.3) is 0 Å². The van der Waals surface area contributed by atoms with E-state index in [0.717, 1.165) is 57.4 Å². The number of aromatic nitrogens is 1. The minimum atomic E-state index is -0.484. The van der Waals surface area contributed by atoms with Crippen molar-refractivity contribution in [2.45, 2.75) is 84.8 Å². The van der Waals surface area contributed by atoms with Crippen molar-refractivity contribution in [3.05, 3.63) is 64.3 Å². The number of carbonyl (C=O) groups excluding carboxylic acids is 2. The standard InChI is InChI=1S/C18H19FN2O2.C9H17NO2.C2H6.CH4O/c19-15-8-7-14(11-16(15)20-12-22)17(9-6-13-4-5-13)21-10-2-1-3-18(21)23;1-9(2,3)12-8(11)10-6-4-5-7-10;2*1-2/h1-3,7-8,10-13,17H,4-6,9H2,(H,20,22);4-7H2,1-3H3;1-2H3;2H,1H3. The molecule has 0 bridgehead atoms. The number of aliphatic hydroxyl groups excluding tert-OH is 1. The number of nitrogens with zero attached hydrogens (tertiary/aromatic N) is 2. The molecule has 0 radical (unpaired) electrons. The molecule has 1 aliphatic heterocycles. The Hall–Kier alpha value is -3.20. The number of ether oxygens (including phenoxy) is 1. The van der Waals surface area contributed by atoms with Gasteiger partial charge < -0.3 is 24.6 Å². The van der Waals surface area contributed by atoms with E-state index in [2.05, 4.69) is 5.32 Å². The zero-order valence-electron chi connectivity index (χ0n) is 24.3. The van der Waals surface area contributed by atoms with E-state index in [4.69, 9.17) is 9.84 Å². The fourth-order valence-corrected chi connectivity index (χ4v) is 4.11. The molecule has 1 atom stereocenters. The third kappa shape index (κ3) is 12.0. The number of benzene rings is 1. The van der Waals surface area contributed by atoms with E-state index >= 15 is 0 Å². The van der Waals surface area contributed by atoms with Crippen molar-refractivity contribution in [2.75, 3.05) is 25.5 Å². The Labute approximate surface area is 232 Å². The van der Waals surface area contributed by atoms with Gasteiger partial charge in [0.2, 0.25) is 6.41 Å². The fourth-order valence-electron chi connectivity index (χ4n) is 4.11. The first-order valence-corrected chi connectivity index (χ1v) is 13.8. The average molecular weight is 548 g/mol. The molecule has 0 spiro atoms. The molecular weight excluding hydrogens is 501 g/mol. The predicted molar refractivity (Wildman–Crippen MR) is 153 cm³/mol. The summed E-state index contributed by atoms with van der Waals surface area (Å²) in [5.74, 6) is 0.257. The van der Waals surface area contributed by atoms with Crippen molar-refractivity contribution in [2.24, 2.45) is 5.92 Å². The van der Waals surface area contributed by atoms with Gasteiger partial charge in [-0.1, -0.05) is 38.8 Å². The lowest BCUT2D eigenvalue weighted by molar-refractivity contribution is -0.105. The average Bonchev–Trinajstić information content (AvgIpc) is 3.58. The van der Waals surface area contributed by atoms with Crippen molar-refractivity contribution < 1.29 is 23.8 Å². The molecule has 2 aliphatic rings. The number of aliphatic hydroxyl groups is 1. The number of hydrogen-bond acceptors (Lipinski definition) is 5. The largest absolute Gasteiger partial charge is 0.444 e. The minimum absolute atomic E-state index is 0.0810. The van der Waals surface area contributed by atoms with Gasteiger partial charge in [-0.25, -0.2) is 9.18 Å². The normalized spacial score (nSPS) is 14.8. The smallest absolute Gasteiger partial charge is 0.410 e. The Morgan fingerprint density at radius 3 is 2.33 bits per heavy atom. The van der Waals surface area contributed by atoms with Crippen molar-refractivity contribution in [1.29, 1.82) is 0 Å². The molecule has 1 saturated carbocycles. The van der Waals surface area contributed by atoms with Crippen molar-refractivity contribution in [1.82, 2.24) is 9.47 Å². The monoisotopic (exact) mass is 547 g/mol. The van der Waals surface area contributed by atoms with Crippen LogP contribution in [0.4, 0.5) is 14.9 Å². The molecule has 1 aliphatic carbocycles. The first kappa shape index (κ1) is 33.8. The fraction of sp³-hybridized carbons (Fsp3) is 0.567. The van der Waals surface area contributed by atoms with Gasteiger partial charge in [0.15, 0.2) is 0 Å². The van der Waals surface area contributed by atoms with Crippen LogP contribution in [-0.2, 0) is 9.53 Å². The Balaban J connectivity index is 0.000000402. The van der Waals surface area contributed by atoms with Gasteiger partial charge in [-0.2, -0.15) is 0 Å². The van der Waals surface area contributed by atoms with Gasteiger partial charge in [0, 0.05) is 32.5 Å². The van der Waals surface area contributed by atoms with E-state index in [-0.39, 0.29) is 29.0 Å². The molecule has 2 heterocycles. The van der Waals surface area contributed by atoms with E-state index in [1.807, 2.05) is 40.7 Å². The molecule has 218 valence electrons. The molecule has 8 nitrogen and oxygen atoms in total. The first-order valence-electron chi connectivity index (χ1n) is 13.8. The highest BCUT2D eigenvalue weighted by Crippen LogP contribution is 2.37. The molecule has 1 aromatic carbocycles. The Kier molecular flexibility index (Phi) is 15.1. The molecular formula is C30H46FN3O5. The summed E-state index contributed by atoms with van der Waals surface area (Å²) in [5.41, 5.74) is 0.518. The van der Waals surface area contributed by atoms with Crippen LogP contribution in [-0.4, -0.2) is 52.9 Å². The summed E-state index contributed by atoms with van der Waals surface area (Å²) < 4.78 is 20.6. The van der Waals surface area contributed by atoms with Gasteiger partial charge in [0.25, 0.3) is 5.56 Å². The lowest BCUT2D eigenvalue weighted by Gasteiger charge is -2.23. The molecule has 2 aromatic rings. The van der Waals surface area contributed by atoms with Crippen LogP contribution in [0, 0.1) is 11.7 Å². The van der Waals surface area contributed by atoms with Gasteiger partial charge in [-0.15, -0.1) is 0 Å². The number of rotatable bonds is 7. The second kappa shape index (κ2) is 17.4. The SMILES string of the molecule is CC.CC(C)(C)OC(=O)N1CCCC1.CO.O=CNc1cc(C(CCC2CC2)n2ccccc2=O)ccc1F. The maximum absolute atomic E-state index is 13.7. The van der Waals surface area contributed by atoms with Crippen LogP contribution in [0.1, 0.15) is 84.7 Å². The van der Waals surface area contributed by atoms with E-state index in [1.54, 1.807) is 33.9 Å². The Bertz CT molecular complexity index is 1060. The highest BCUT2D eigenvalue weighted by Gasteiger charge is 2.25. The van der Waals surface area contributed by atoms with E-state index < -0.39 is 5.82 Å². The van der Waals surface area contributed by atoms with Crippen LogP contribution in [0.2, 0.25) is 0 Å². The second-order valence-electron chi connectivity index (χ2n) is 10.2. The topological polar surface area (TPSA) is 101 Å². The summed E-state index contributed by atoms with van der Waals surface area (Å²) in [6, 6.07) is 9.53. The third-order valence-electron chi connectivity index (χ3n) is 6.08. The molecule has 4 rings (SSSR count). The Morgan fingerprint density at radius 1 is 1.15 bits per heavy atom. The molecule has 2 fully saturated rings. The zero-order valence-corrected chi connectivity index (χ0v) is 24.3. The molecule has 1 aromatic heterocycles. The summed E-state index contributed by atoms with van der Waals surface area (Å²) in [4.78, 5) is 35.9. The highest BCUT2D eigenvalue weighted by atomic mass is 19.1. The van der Waals surface area contributed by atoms with Gasteiger partial charge >= 0.3 is 6.09 Å². The van der Waals surface area contributed by atoms with Crippen molar-refractivity contribution in [3.8, 4) is 0 Å². The van der Waals surface area contributed by atoms with E-state index in [9.17, 15) is 18.8 Å². The number of pyridine rings is 1. The number of likely N-dealkylation sites (tertiary alicyclic amines) is 1. The molecule has 1 saturated heterocycles. The number of amides is 2. The second-order valence-corrected chi connectivity index (χ2v) is 10.2. The van der Waals surface area contributed by atoms with Crippen LogP contribution in [0.5, 0.6) is 0 Å². The number of hydrogen-bond donors (Lipinski definition) is 2. The van der Waals surface area contributed by atoms with Crippen LogP contribution in [0.15, 0.2) is 47.4 Å². The van der Waals surface area contributed by atoms with Gasteiger partial charge in [0.1, 0.15) is 11.4 Å². The summed E-state index contributed by atoms with van der Waals surface area (Å²) in [6.45, 7) is 11.4. The van der Waals surface area contributed by atoms with Crippen molar-refractivity contribution in [3.63, 3.8) is 0 Å². The first-order chi connectivity index (χ1) is 18.7. The third-order valence-corrected chi connectivity index (χ3v) is 6.08. The molecule has 39 heavy (non-hydrogen) atoms. The van der Waals surface area contributed by atoms with Crippen LogP contribution in [0.3, 0.4) is 0 Å². The lowest BCUT2D eigenvalue weighted by atomic mass is 9.99. The quantitative estimate of drug-likeness (QED) is 0.415. The molecule has 9 heteroatoms. The summed E-state index contributed by atoms with van der Waals surface area (Å²) in [6.07, 6.45) is 8.63. The number of anilines is 1. The minimum Gasteiger partial charge on any atom is -0.444 e. The maximum Gasteiger partial charge on any atom is 0.410 e. The van der Waals surface area contributed by atoms with Gasteiger partial charge in [-0.05, 0) is 76.1 Å². The number of carbonyl (C=O) groups is 2. The predicted octanol–water partition coefficient (Wildman–Crippen LogP) is 5.99. The van der Waals surface area contributed by atoms with Gasteiger partial charge in [-0.3, -0.25) is 9.59 Å². The van der Waals surface area contributed by atoms with Crippen LogP contribution < -0.4 is 10.9 Å². The molecule has 1 unspecified atom stereocenters. The summed E-state index contributed by atoms with van der Waals surface area (Å²) in [7, 11) is 1.00. The zero-order chi connectivity index (χ0) is 29.4. The highest BCUT2D eigenvalue weighted by molar-refractivity contribution is 5.72. The van der Waals surface area contributed by atoms with E-state index in [1.165, 1.54) is 25.0 Å². The molecule has 2 amide bonds. The maximum atomic E-state index is 13.7. The summed E-state index contributed by atoms with van der Waals surface area (Å²) in [5, 5.41) is 9.37. The lowest BCUT2D eigenvalue weighted by Crippen LogP contribution is -2.34. The number of halogens is 1. The summed E-state index contributed by atoms with van der Waals surface area (Å²) >= 11 is 0. The number of nitrogens with one attached hydrogen (secondary N) is 1. The van der Waals surface area contributed by atoms with Crippen molar-refractivity contribution >= 4 is 18.2 Å². The van der Waals surface area contributed by atoms with E-state index in [0.29, 0.717) is 6.41 Å². The van der Waals surface area contributed by atoms with Gasteiger partial charge in [0.05, 0.1) is 11.7 Å².